The van der Waals surface area contributed by atoms with Crippen LogP contribution in [0.1, 0.15) is 25.3 Å². The quantitative estimate of drug-likeness (QED) is 0.707. The highest BCUT2D eigenvalue weighted by Crippen LogP contribution is 2.51. The Morgan fingerprint density at radius 1 is 1.38 bits per heavy atom. The van der Waals surface area contributed by atoms with E-state index in [-0.39, 0.29) is 17.1 Å². The van der Waals surface area contributed by atoms with Gasteiger partial charge in [0.2, 0.25) is 0 Å². The summed E-state index contributed by atoms with van der Waals surface area (Å²) in [5, 5.41) is 0. The van der Waals surface area contributed by atoms with Crippen molar-refractivity contribution >= 4 is 11.0 Å². The number of hydrogen-bond donors (Lipinski definition) is 3. The monoisotopic (exact) mass is 217 g/mol. The van der Waals surface area contributed by atoms with E-state index < -0.39 is 0 Å². The Hall–Kier alpha value is -1.55. The molecule has 0 saturated heterocycles. The summed E-state index contributed by atoms with van der Waals surface area (Å²) in [6.07, 6.45) is 2.22. The van der Waals surface area contributed by atoms with Gasteiger partial charge in [-0.2, -0.15) is 0 Å². The fraction of sp³-hybridized carbons (Fsp3) is 0.417. The number of H-pyrrole nitrogens is 2. The lowest BCUT2D eigenvalue weighted by molar-refractivity contribution is 0.560. The van der Waals surface area contributed by atoms with E-state index in [4.69, 9.17) is 5.73 Å². The summed E-state index contributed by atoms with van der Waals surface area (Å²) in [7, 11) is 0. The lowest BCUT2D eigenvalue weighted by Gasteiger charge is -2.20. The summed E-state index contributed by atoms with van der Waals surface area (Å²) in [5.74, 6) is 0. The third-order valence-electron chi connectivity index (χ3n) is 3.75. The van der Waals surface area contributed by atoms with E-state index in [0.717, 1.165) is 23.9 Å². The van der Waals surface area contributed by atoms with Gasteiger partial charge < -0.3 is 15.7 Å². The molecule has 84 valence electrons. The maximum absolute atomic E-state index is 11.3. The molecule has 1 aromatic carbocycles. The highest BCUT2D eigenvalue weighted by Gasteiger charge is 2.48. The van der Waals surface area contributed by atoms with Crippen molar-refractivity contribution in [3.05, 3.63) is 34.2 Å². The number of para-hydroxylation sites is 1. The van der Waals surface area contributed by atoms with Gasteiger partial charge in [0.25, 0.3) is 0 Å². The molecule has 1 fully saturated rings. The van der Waals surface area contributed by atoms with E-state index in [1.807, 2.05) is 19.1 Å². The van der Waals surface area contributed by atoms with Crippen LogP contribution in [0.15, 0.2) is 23.0 Å². The zero-order valence-corrected chi connectivity index (χ0v) is 9.21. The Balaban J connectivity index is 2.28. The normalized spacial score (nSPS) is 19.9. The first-order chi connectivity index (χ1) is 7.63. The number of aromatic nitrogens is 2. The minimum Gasteiger partial charge on any atom is -0.327 e. The molecule has 1 heterocycles. The maximum Gasteiger partial charge on any atom is 0.323 e. The van der Waals surface area contributed by atoms with Crippen molar-refractivity contribution in [2.45, 2.75) is 31.2 Å². The Labute approximate surface area is 92.9 Å². The molecule has 3 rings (SSSR count). The van der Waals surface area contributed by atoms with Gasteiger partial charge in [-0.3, -0.25) is 0 Å². The predicted molar refractivity (Wildman–Crippen MR) is 63.5 cm³/mol. The Morgan fingerprint density at radius 2 is 2.12 bits per heavy atom. The van der Waals surface area contributed by atoms with Crippen LogP contribution in [0.3, 0.4) is 0 Å². The number of benzene rings is 1. The van der Waals surface area contributed by atoms with E-state index in [1.54, 1.807) is 0 Å². The first kappa shape index (κ1) is 9.66. The highest BCUT2D eigenvalue weighted by atomic mass is 16.1. The van der Waals surface area contributed by atoms with E-state index in [0.29, 0.717) is 0 Å². The molecule has 1 atom stereocenters. The van der Waals surface area contributed by atoms with Gasteiger partial charge in [0.15, 0.2) is 0 Å². The van der Waals surface area contributed by atoms with Gasteiger partial charge in [-0.25, -0.2) is 4.79 Å². The van der Waals surface area contributed by atoms with Crippen molar-refractivity contribution < 1.29 is 0 Å². The zero-order chi connectivity index (χ0) is 11.3. The van der Waals surface area contributed by atoms with Gasteiger partial charge in [0.1, 0.15) is 0 Å². The molecule has 2 aromatic rings. The van der Waals surface area contributed by atoms with Crippen molar-refractivity contribution in [3.8, 4) is 0 Å². The lowest BCUT2D eigenvalue weighted by atomic mass is 9.88. The third-order valence-corrected chi connectivity index (χ3v) is 3.75. The van der Waals surface area contributed by atoms with Crippen LogP contribution >= 0.6 is 0 Å². The topological polar surface area (TPSA) is 74.7 Å². The molecule has 16 heavy (non-hydrogen) atoms. The van der Waals surface area contributed by atoms with Crippen molar-refractivity contribution in [3.63, 3.8) is 0 Å². The molecule has 1 unspecified atom stereocenters. The smallest absolute Gasteiger partial charge is 0.323 e. The Bertz CT molecular complexity index is 590. The molecule has 0 radical (unpaired) electrons. The molecule has 0 amide bonds. The number of hydrogen-bond acceptors (Lipinski definition) is 2. The molecule has 1 aliphatic carbocycles. The van der Waals surface area contributed by atoms with Crippen LogP contribution in [-0.2, 0) is 5.41 Å². The van der Waals surface area contributed by atoms with Gasteiger partial charge in [0.05, 0.1) is 11.0 Å². The predicted octanol–water partition coefficient (Wildman–Crippen LogP) is 1.23. The average molecular weight is 217 g/mol. The van der Waals surface area contributed by atoms with Crippen molar-refractivity contribution in [1.82, 2.24) is 9.97 Å². The molecule has 4 nitrogen and oxygen atoms in total. The average Bonchev–Trinajstić information content (AvgIpc) is 2.94. The number of rotatable bonds is 2. The molecule has 1 aromatic heterocycles. The highest BCUT2D eigenvalue weighted by molar-refractivity contribution is 5.80. The second-order valence-corrected chi connectivity index (χ2v) is 4.75. The number of fused-ring (bicyclic) bond motifs is 1. The summed E-state index contributed by atoms with van der Waals surface area (Å²) < 4.78 is 0. The number of nitrogens with one attached hydrogen (secondary N) is 2. The molecule has 1 saturated carbocycles. The van der Waals surface area contributed by atoms with Crippen molar-refractivity contribution in [1.29, 1.82) is 0 Å². The van der Waals surface area contributed by atoms with Crippen molar-refractivity contribution in [2.75, 3.05) is 0 Å². The maximum atomic E-state index is 11.3. The van der Waals surface area contributed by atoms with Gasteiger partial charge >= 0.3 is 5.69 Å². The van der Waals surface area contributed by atoms with Crippen LogP contribution in [0.4, 0.5) is 0 Å². The number of imidazole rings is 1. The standard InChI is InChI=1S/C12H15N3O/c1-7(13)12(5-6-12)8-3-2-4-9-10(8)15-11(16)14-9/h2-4,7H,5-6,13H2,1H3,(H2,14,15,16). The minimum atomic E-state index is -0.150. The zero-order valence-electron chi connectivity index (χ0n) is 9.21. The third kappa shape index (κ3) is 1.16. The minimum absolute atomic E-state index is 0.0741. The van der Waals surface area contributed by atoms with Gasteiger partial charge in [-0.05, 0) is 31.4 Å². The van der Waals surface area contributed by atoms with Crippen LogP contribution in [-0.4, -0.2) is 16.0 Å². The van der Waals surface area contributed by atoms with Gasteiger partial charge in [-0.1, -0.05) is 12.1 Å². The van der Waals surface area contributed by atoms with Crippen LogP contribution in [0.25, 0.3) is 11.0 Å². The summed E-state index contributed by atoms with van der Waals surface area (Å²) in [6.45, 7) is 2.04. The molecular formula is C12H15N3O. The Morgan fingerprint density at radius 3 is 2.75 bits per heavy atom. The van der Waals surface area contributed by atoms with Crippen LogP contribution in [0.5, 0.6) is 0 Å². The largest absolute Gasteiger partial charge is 0.327 e. The first-order valence-corrected chi connectivity index (χ1v) is 5.60. The van der Waals surface area contributed by atoms with E-state index in [1.165, 1.54) is 5.56 Å². The second-order valence-electron chi connectivity index (χ2n) is 4.75. The van der Waals surface area contributed by atoms with Crippen LogP contribution < -0.4 is 11.4 Å². The van der Waals surface area contributed by atoms with E-state index in [2.05, 4.69) is 16.0 Å². The van der Waals surface area contributed by atoms with Gasteiger partial charge in [0, 0.05) is 11.5 Å². The molecule has 0 bridgehead atoms. The van der Waals surface area contributed by atoms with Crippen LogP contribution in [0, 0.1) is 0 Å². The molecule has 0 spiro atoms. The fourth-order valence-electron chi connectivity index (χ4n) is 2.58. The number of nitrogens with two attached hydrogens (primary N) is 1. The number of aromatic amines is 2. The molecule has 4 N–H and O–H groups in total. The lowest BCUT2D eigenvalue weighted by Crippen LogP contribution is -2.31. The summed E-state index contributed by atoms with van der Waals surface area (Å²) in [6, 6.07) is 6.08. The molecule has 4 heteroatoms. The fourth-order valence-corrected chi connectivity index (χ4v) is 2.58. The van der Waals surface area contributed by atoms with E-state index >= 15 is 0 Å². The Kier molecular flexibility index (Phi) is 1.80. The SMILES string of the molecule is CC(N)C1(c2cccc3[nH]c(=O)[nH]c23)CC1. The first-order valence-electron chi connectivity index (χ1n) is 5.60. The van der Waals surface area contributed by atoms with Gasteiger partial charge in [-0.15, -0.1) is 0 Å². The second kappa shape index (κ2) is 2.98. The summed E-state index contributed by atoms with van der Waals surface area (Å²) in [4.78, 5) is 17.0. The summed E-state index contributed by atoms with van der Waals surface area (Å²) >= 11 is 0. The molecule has 1 aliphatic rings. The van der Waals surface area contributed by atoms with Crippen LogP contribution in [0.2, 0.25) is 0 Å². The summed E-state index contributed by atoms with van der Waals surface area (Å²) in [5.41, 5.74) is 8.95. The molecular weight excluding hydrogens is 202 g/mol. The molecule has 0 aliphatic heterocycles. The van der Waals surface area contributed by atoms with E-state index in [9.17, 15) is 4.79 Å². The van der Waals surface area contributed by atoms with Crippen molar-refractivity contribution in [2.24, 2.45) is 5.73 Å².